The monoisotopic (exact) mass is 349 g/mol. The zero-order valence-corrected chi connectivity index (χ0v) is 14.6. The molecule has 0 aliphatic carbocycles. The summed E-state index contributed by atoms with van der Waals surface area (Å²) in [4.78, 5) is 15.3. The van der Waals surface area contributed by atoms with Crippen LogP contribution < -0.4 is 20.3 Å². The number of H-pyrrole nitrogens is 1. The van der Waals surface area contributed by atoms with Crippen molar-refractivity contribution in [2.45, 2.75) is 13.5 Å². The van der Waals surface area contributed by atoms with Crippen molar-refractivity contribution in [3.8, 4) is 17.6 Å². The number of nitrogens with zero attached hydrogens (tertiary/aromatic N) is 1. The Labute approximate surface area is 151 Å². The normalized spacial score (nSPS) is 10.3. The van der Waals surface area contributed by atoms with Gasteiger partial charge in [0.05, 0.1) is 24.8 Å². The van der Waals surface area contributed by atoms with E-state index < -0.39 is 0 Å². The van der Waals surface area contributed by atoms with E-state index in [4.69, 9.17) is 14.7 Å². The second-order valence-electron chi connectivity index (χ2n) is 5.66. The second-order valence-corrected chi connectivity index (χ2v) is 5.66. The van der Waals surface area contributed by atoms with Crippen LogP contribution in [0, 0.1) is 11.3 Å². The van der Waals surface area contributed by atoms with Gasteiger partial charge < -0.3 is 19.8 Å². The molecule has 0 fully saturated rings. The summed E-state index contributed by atoms with van der Waals surface area (Å²) in [7, 11) is 1.52. The zero-order valence-electron chi connectivity index (χ0n) is 14.6. The average molecular weight is 349 g/mol. The van der Waals surface area contributed by atoms with Crippen LogP contribution in [0.15, 0.2) is 47.3 Å². The molecule has 0 amide bonds. The molecule has 2 aromatic carbocycles. The number of nitrogens with one attached hydrogen (secondary N) is 2. The predicted octanol–water partition coefficient (Wildman–Crippen LogP) is 3.42. The highest BCUT2D eigenvalue weighted by Gasteiger charge is 2.08. The lowest BCUT2D eigenvalue weighted by molar-refractivity contribution is 0.343. The molecule has 0 aliphatic rings. The van der Waals surface area contributed by atoms with Gasteiger partial charge in [0.25, 0.3) is 5.56 Å². The first-order chi connectivity index (χ1) is 12.7. The number of fused-ring (bicyclic) bond motifs is 1. The average Bonchev–Trinajstić information content (AvgIpc) is 2.67. The Kier molecular flexibility index (Phi) is 5.09. The van der Waals surface area contributed by atoms with E-state index in [-0.39, 0.29) is 5.56 Å². The maximum atomic E-state index is 12.4. The van der Waals surface area contributed by atoms with Crippen LogP contribution in [0.3, 0.4) is 0 Å². The van der Waals surface area contributed by atoms with Crippen molar-refractivity contribution in [3.05, 3.63) is 63.9 Å². The molecule has 2 N–H and O–H groups in total. The van der Waals surface area contributed by atoms with Gasteiger partial charge in [0.2, 0.25) is 0 Å². The van der Waals surface area contributed by atoms with Crippen molar-refractivity contribution in [1.29, 1.82) is 5.26 Å². The standard InChI is InChI=1S/C20H19N3O3/c1-3-26-17-6-4-5-13-9-15(20(24)23-19(13)17)12-22-16-8-7-14(11-21)18(10-16)25-2/h4-10,22H,3,12H2,1-2H3,(H,23,24). The molecule has 3 rings (SSSR count). The Morgan fingerprint density at radius 2 is 2.04 bits per heavy atom. The third-order valence-electron chi connectivity index (χ3n) is 4.02. The maximum Gasteiger partial charge on any atom is 0.253 e. The zero-order chi connectivity index (χ0) is 18.5. The predicted molar refractivity (Wildman–Crippen MR) is 101 cm³/mol. The molecule has 1 heterocycles. The molecule has 0 saturated carbocycles. The van der Waals surface area contributed by atoms with Crippen LogP contribution in [-0.4, -0.2) is 18.7 Å². The van der Waals surface area contributed by atoms with Crippen molar-refractivity contribution in [2.75, 3.05) is 19.0 Å². The third kappa shape index (κ3) is 3.47. The fraction of sp³-hybridized carbons (Fsp3) is 0.200. The van der Waals surface area contributed by atoms with E-state index >= 15 is 0 Å². The van der Waals surface area contributed by atoms with Gasteiger partial charge in [-0.15, -0.1) is 0 Å². The number of benzene rings is 2. The highest BCUT2D eigenvalue weighted by Crippen LogP contribution is 2.24. The van der Waals surface area contributed by atoms with Gasteiger partial charge >= 0.3 is 0 Å². The van der Waals surface area contributed by atoms with E-state index in [9.17, 15) is 4.79 Å². The minimum atomic E-state index is -0.169. The Morgan fingerprint density at radius 3 is 2.77 bits per heavy atom. The molecule has 6 nitrogen and oxygen atoms in total. The summed E-state index contributed by atoms with van der Waals surface area (Å²) in [5.41, 5.74) is 2.36. The minimum Gasteiger partial charge on any atom is -0.495 e. The lowest BCUT2D eigenvalue weighted by atomic mass is 10.1. The van der Waals surface area contributed by atoms with Crippen molar-refractivity contribution in [2.24, 2.45) is 0 Å². The Hall–Kier alpha value is -3.46. The molecule has 1 aromatic heterocycles. The van der Waals surface area contributed by atoms with Gasteiger partial charge in [0.1, 0.15) is 17.6 Å². The molecule has 3 aromatic rings. The SMILES string of the molecule is CCOc1cccc2cc(CNc3ccc(C#N)c(OC)c3)c(=O)[nH]c12. The quantitative estimate of drug-likeness (QED) is 0.712. The van der Waals surface area contributed by atoms with E-state index in [2.05, 4.69) is 16.4 Å². The van der Waals surface area contributed by atoms with Crippen LogP contribution in [0.2, 0.25) is 0 Å². The van der Waals surface area contributed by atoms with Crippen LogP contribution in [0.1, 0.15) is 18.1 Å². The largest absolute Gasteiger partial charge is 0.495 e. The smallest absolute Gasteiger partial charge is 0.253 e. The Balaban J connectivity index is 1.87. The summed E-state index contributed by atoms with van der Waals surface area (Å²) in [5, 5.41) is 13.1. The summed E-state index contributed by atoms with van der Waals surface area (Å²) < 4.78 is 10.8. The molecule has 0 radical (unpaired) electrons. The first-order valence-electron chi connectivity index (χ1n) is 8.26. The first kappa shape index (κ1) is 17.4. The number of methoxy groups -OCH3 is 1. The number of nitriles is 1. The van der Waals surface area contributed by atoms with Gasteiger partial charge in [-0.25, -0.2) is 0 Å². The summed E-state index contributed by atoms with van der Waals surface area (Å²) in [6, 6.07) is 14.8. The number of rotatable bonds is 6. The van der Waals surface area contributed by atoms with Gasteiger partial charge in [-0.05, 0) is 31.2 Å². The van der Waals surface area contributed by atoms with E-state index in [1.54, 1.807) is 18.2 Å². The molecular formula is C20H19N3O3. The number of pyridine rings is 1. The summed E-state index contributed by atoms with van der Waals surface area (Å²) in [6.45, 7) is 2.78. The molecular weight excluding hydrogens is 330 g/mol. The highest BCUT2D eigenvalue weighted by atomic mass is 16.5. The van der Waals surface area contributed by atoms with E-state index in [1.165, 1.54) is 7.11 Å². The molecule has 0 bridgehead atoms. The number of anilines is 1. The summed E-state index contributed by atoms with van der Waals surface area (Å²) in [5.74, 6) is 1.16. The summed E-state index contributed by atoms with van der Waals surface area (Å²) in [6.07, 6.45) is 0. The number of ether oxygens (including phenoxy) is 2. The Morgan fingerprint density at radius 1 is 1.19 bits per heavy atom. The van der Waals surface area contributed by atoms with Crippen LogP contribution in [0.5, 0.6) is 11.5 Å². The van der Waals surface area contributed by atoms with Crippen molar-refractivity contribution >= 4 is 16.6 Å². The highest BCUT2D eigenvalue weighted by molar-refractivity contribution is 5.84. The lowest BCUT2D eigenvalue weighted by Crippen LogP contribution is -2.16. The molecule has 26 heavy (non-hydrogen) atoms. The topological polar surface area (TPSA) is 87.1 Å². The van der Waals surface area contributed by atoms with Gasteiger partial charge in [-0.3, -0.25) is 4.79 Å². The van der Waals surface area contributed by atoms with Gasteiger partial charge in [-0.2, -0.15) is 5.26 Å². The van der Waals surface area contributed by atoms with Crippen LogP contribution >= 0.6 is 0 Å². The van der Waals surface area contributed by atoms with E-state index in [0.29, 0.717) is 41.3 Å². The molecule has 0 unspecified atom stereocenters. The van der Waals surface area contributed by atoms with Crippen molar-refractivity contribution in [1.82, 2.24) is 4.98 Å². The molecule has 6 heteroatoms. The van der Waals surface area contributed by atoms with E-state index in [1.807, 2.05) is 31.2 Å². The van der Waals surface area contributed by atoms with Crippen LogP contribution in [0.4, 0.5) is 5.69 Å². The number of aromatic nitrogens is 1. The third-order valence-corrected chi connectivity index (χ3v) is 4.02. The van der Waals surface area contributed by atoms with Gasteiger partial charge in [0, 0.05) is 29.2 Å². The van der Waals surface area contributed by atoms with Crippen LogP contribution in [-0.2, 0) is 6.54 Å². The summed E-state index contributed by atoms with van der Waals surface area (Å²) >= 11 is 0. The van der Waals surface area contributed by atoms with Crippen LogP contribution in [0.25, 0.3) is 10.9 Å². The van der Waals surface area contributed by atoms with E-state index in [0.717, 1.165) is 11.1 Å². The Bertz CT molecular complexity index is 1030. The fourth-order valence-corrected chi connectivity index (χ4v) is 2.75. The van der Waals surface area contributed by atoms with Crippen molar-refractivity contribution in [3.63, 3.8) is 0 Å². The molecule has 0 aliphatic heterocycles. The molecule has 0 saturated heterocycles. The second kappa shape index (κ2) is 7.62. The molecule has 132 valence electrons. The molecule has 0 atom stereocenters. The number of aromatic amines is 1. The number of hydrogen-bond acceptors (Lipinski definition) is 5. The van der Waals surface area contributed by atoms with Gasteiger partial charge in [-0.1, -0.05) is 12.1 Å². The maximum absolute atomic E-state index is 12.4. The first-order valence-corrected chi connectivity index (χ1v) is 8.26. The number of hydrogen-bond donors (Lipinski definition) is 2. The minimum absolute atomic E-state index is 0.169. The molecule has 0 spiro atoms. The lowest BCUT2D eigenvalue weighted by Gasteiger charge is -2.11. The van der Waals surface area contributed by atoms with Crippen molar-refractivity contribution < 1.29 is 9.47 Å². The fourth-order valence-electron chi connectivity index (χ4n) is 2.75. The number of para-hydroxylation sites is 1. The van der Waals surface area contributed by atoms with Gasteiger partial charge in [0.15, 0.2) is 0 Å².